The highest BCUT2D eigenvalue weighted by Gasteiger charge is 2.38. The Morgan fingerprint density at radius 3 is 2.60 bits per heavy atom. The van der Waals surface area contributed by atoms with Gasteiger partial charge in [0, 0.05) is 6.92 Å². The van der Waals surface area contributed by atoms with Gasteiger partial charge >= 0.3 is 0 Å². The van der Waals surface area contributed by atoms with E-state index < -0.39 is 36.8 Å². The van der Waals surface area contributed by atoms with Gasteiger partial charge in [0.05, 0.1) is 6.61 Å². The zero-order chi connectivity index (χ0) is 11.6. The van der Waals surface area contributed by atoms with Gasteiger partial charge in [-0.1, -0.05) is 0 Å². The van der Waals surface area contributed by atoms with E-state index in [4.69, 9.17) is 9.84 Å². The SMILES string of the molecule is CC(=O)NC1=C(O)O[C@H](CO)[C@@H](O)[C@@H]1O. The minimum atomic E-state index is -1.50. The van der Waals surface area contributed by atoms with Crippen LogP contribution in [0.4, 0.5) is 0 Å². The van der Waals surface area contributed by atoms with E-state index in [2.05, 4.69) is 5.32 Å². The fourth-order valence-electron chi connectivity index (χ4n) is 1.24. The van der Waals surface area contributed by atoms with Crippen molar-refractivity contribution in [1.82, 2.24) is 5.32 Å². The largest absolute Gasteiger partial charge is 0.480 e. The summed E-state index contributed by atoms with van der Waals surface area (Å²) >= 11 is 0. The van der Waals surface area contributed by atoms with E-state index in [1.54, 1.807) is 0 Å². The lowest BCUT2D eigenvalue weighted by molar-refractivity contribution is -0.131. The van der Waals surface area contributed by atoms with Crippen LogP contribution in [-0.2, 0) is 9.53 Å². The Bertz CT molecular complexity index is 289. The number of rotatable bonds is 2. The summed E-state index contributed by atoms with van der Waals surface area (Å²) < 4.78 is 4.69. The molecule has 1 rings (SSSR count). The first-order valence-electron chi connectivity index (χ1n) is 4.31. The molecule has 1 amide bonds. The molecule has 0 radical (unpaired) electrons. The highest BCUT2D eigenvalue weighted by molar-refractivity contribution is 5.75. The molecule has 0 saturated heterocycles. The molecule has 1 aliphatic rings. The maximum atomic E-state index is 10.7. The summed E-state index contributed by atoms with van der Waals surface area (Å²) in [6, 6.07) is 0. The topological polar surface area (TPSA) is 119 Å². The third kappa shape index (κ3) is 2.38. The molecule has 0 bridgehead atoms. The zero-order valence-electron chi connectivity index (χ0n) is 8.04. The number of nitrogens with one attached hydrogen (secondary N) is 1. The Labute approximate surface area is 85.6 Å². The quantitative estimate of drug-likeness (QED) is 0.365. The predicted octanol–water partition coefficient (Wildman–Crippen LogP) is -2.04. The first-order valence-corrected chi connectivity index (χ1v) is 4.31. The summed E-state index contributed by atoms with van der Waals surface area (Å²) in [4.78, 5) is 10.7. The predicted molar refractivity (Wildman–Crippen MR) is 47.4 cm³/mol. The van der Waals surface area contributed by atoms with Crippen molar-refractivity contribution in [3.05, 3.63) is 11.6 Å². The van der Waals surface area contributed by atoms with E-state index >= 15 is 0 Å². The number of aliphatic hydroxyl groups is 4. The standard InChI is InChI=1S/C8H13NO6/c1-3(11)9-5-7(13)6(12)4(2-10)15-8(5)14/h4,6-7,10,12-14H,2H2,1H3,(H,9,11)/t4-,6-,7-/m1/s1. The minimum Gasteiger partial charge on any atom is -0.480 e. The maximum Gasteiger partial charge on any atom is 0.300 e. The van der Waals surface area contributed by atoms with E-state index in [0.717, 1.165) is 0 Å². The fourth-order valence-corrected chi connectivity index (χ4v) is 1.24. The van der Waals surface area contributed by atoms with Crippen molar-refractivity contribution in [1.29, 1.82) is 0 Å². The molecule has 0 unspecified atom stereocenters. The second-order valence-corrected chi connectivity index (χ2v) is 3.17. The monoisotopic (exact) mass is 219 g/mol. The van der Waals surface area contributed by atoms with Crippen molar-refractivity contribution in [3.63, 3.8) is 0 Å². The van der Waals surface area contributed by atoms with Gasteiger partial charge < -0.3 is 30.5 Å². The number of aliphatic hydroxyl groups excluding tert-OH is 4. The Balaban J connectivity index is 2.89. The van der Waals surface area contributed by atoms with Gasteiger partial charge in [-0.25, -0.2) is 0 Å². The summed E-state index contributed by atoms with van der Waals surface area (Å²) in [6.45, 7) is 0.618. The second kappa shape index (κ2) is 4.47. The Morgan fingerprint density at radius 2 is 2.13 bits per heavy atom. The molecule has 5 N–H and O–H groups in total. The molecular formula is C8H13NO6. The maximum absolute atomic E-state index is 10.7. The fraction of sp³-hybridized carbons (Fsp3) is 0.625. The lowest BCUT2D eigenvalue weighted by Gasteiger charge is -2.32. The molecule has 0 aromatic rings. The molecule has 7 heteroatoms. The smallest absolute Gasteiger partial charge is 0.300 e. The van der Waals surface area contributed by atoms with Crippen LogP contribution < -0.4 is 5.32 Å². The van der Waals surface area contributed by atoms with Crippen LogP contribution in [-0.4, -0.2) is 51.3 Å². The molecule has 0 fully saturated rings. The lowest BCUT2D eigenvalue weighted by atomic mass is 10.0. The molecule has 86 valence electrons. The van der Waals surface area contributed by atoms with E-state index in [1.807, 2.05) is 0 Å². The highest BCUT2D eigenvalue weighted by atomic mass is 16.6. The highest BCUT2D eigenvalue weighted by Crippen LogP contribution is 2.21. The van der Waals surface area contributed by atoms with Crippen LogP contribution in [0.3, 0.4) is 0 Å². The summed E-state index contributed by atoms with van der Waals surface area (Å²) in [5.74, 6) is -1.23. The van der Waals surface area contributed by atoms with Crippen molar-refractivity contribution in [2.24, 2.45) is 0 Å². The Kier molecular flexibility index (Phi) is 3.51. The lowest BCUT2D eigenvalue weighted by Crippen LogP contribution is -2.49. The van der Waals surface area contributed by atoms with Gasteiger partial charge in [0.25, 0.3) is 5.95 Å². The number of carbonyl (C=O) groups excluding carboxylic acids is 1. The van der Waals surface area contributed by atoms with Crippen LogP contribution >= 0.6 is 0 Å². The van der Waals surface area contributed by atoms with Crippen LogP contribution in [0.1, 0.15) is 6.92 Å². The molecular weight excluding hydrogens is 206 g/mol. The van der Waals surface area contributed by atoms with Crippen LogP contribution in [0.2, 0.25) is 0 Å². The van der Waals surface area contributed by atoms with Gasteiger partial charge in [-0.15, -0.1) is 0 Å². The van der Waals surface area contributed by atoms with Gasteiger partial charge in [-0.3, -0.25) is 4.79 Å². The van der Waals surface area contributed by atoms with Gasteiger partial charge in [0.1, 0.15) is 17.9 Å². The number of hydrogen-bond donors (Lipinski definition) is 5. The molecule has 0 aromatic carbocycles. The second-order valence-electron chi connectivity index (χ2n) is 3.17. The Hall–Kier alpha value is -1.31. The third-order valence-electron chi connectivity index (χ3n) is 1.98. The number of carbonyl (C=O) groups is 1. The normalized spacial score (nSPS) is 31.1. The number of amides is 1. The molecule has 15 heavy (non-hydrogen) atoms. The summed E-state index contributed by atoms with van der Waals surface area (Å²) in [7, 11) is 0. The van der Waals surface area contributed by atoms with Crippen LogP contribution in [0.25, 0.3) is 0 Å². The minimum absolute atomic E-state index is 0.306. The van der Waals surface area contributed by atoms with Gasteiger partial charge in [-0.05, 0) is 0 Å². The van der Waals surface area contributed by atoms with Gasteiger partial charge in [0.15, 0.2) is 6.10 Å². The molecule has 0 aliphatic carbocycles. The average Bonchev–Trinajstić information content (AvgIpc) is 2.18. The molecule has 1 aliphatic heterocycles. The van der Waals surface area contributed by atoms with Crippen molar-refractivity contribution in [2.45, 2.75) is 25.2 Å². The van der Waals surface area contributed by atoms with Crippen LogP contribution in [0.5, 0.6) is 0 Å². The molecule has 1 heterocycles. The van der Waals surface area contributed by atoms with Crippen LogP contribution in [0.15, 0.2) is 11.6 Å². The van der Waals surface area contributed by atoms with E-state index in [1.165, 1.54) is 6.92 Å². The molecule has 3 atom stereocenters. The third-order valence-corrected chi connectivity index (χ3v) is 1.98. The van der Waals surface area contributed by atoms with Crippen molar-refractivity contribution in [3.8, 4) is 0 Å². The first kappa shape index (κ1) is 11.8. The van der Waals surface area contributed by atoms with Crippen molar-refractivity contribution in [2.75, 3.05) is 6.61 Å². The summed E-state index contributed by atoms with van der Waals surface area (Å²) in [6.07, 6.45) is -4.02. The van der Waals surface area contributed by atoms with E-state index in [0.29, 0.717) is 0 Å². The van der Waals surface area contributed by atoms with Crippen molar-refractivity contribution < 1.29 is 30.0 Å². The molecule has 0 aromatic heterocycles. The first-order chi connectivity index (χ1) is 6.97. The van der Waals surface area contributed by atoms with E-state index in [9.17, 15) is 20.1 Å². The van der Waals surface area contributed by atoms with Crippen molar-refractivity contribution >= 4 is 5.91 Å². The average molecular weight is 219 g/mol. The van der Waals surface area contributed by atoms with Gasteiger partial charge in [0.2, 0.25) is 5.91 Å². The molecule has 0 spiro atoms. The number of ether oxygens (including phenoxy) is 1. The van der Waals surface area contributed by atoms with Crippen LogP contribution in [0, 0.1) is 0 Å². The Morgan fingerprint density at radius 1 is 1.53 bits per heavy atom. The summed E-state index contributed by atoms with van der Waals surface area (Å²) in [5, 5.41) is 39.0. The van der Waals surface area contributed by atoms with Gasteiger partial charge in [-0.2, -0.15) is 0 Å². The molecule has 7 nitrogen and oxygen atoms in total. The van der Waals surface area contributed by atoms with E-state index in [-0.39, 0.29) is 5.70 Å². The zero-order valence-corrected chi connectivity index (χ0v) is 8.04. The molecule has 0 saturated carbocycles. The number of hydrogen-bond acceptors (Lipinski definition) is 6. The summed E-state index contributed by atoms with van der Waals surface area (Å²) in [5.41, 5.74) is -0.306.